The van der Waals surface area contributed by atoms with Crippen molar-refractivity contribution in [3.63, 3.8) is 0 Å². The number of carbonyl (C=O) groups is 2. The molecule has 1 fully saturated rings. The van der Waals surface area contributed by atoms with Crippen LogP contribution >= 0.6 is 0 Å². The first kappa shape index (κ1) is 14.9. The molecule has 1 saturated heterocycles. The summed E-state index contributed by atoms with van der Waals surface area (Å²) >= 11 is 0. The van der Waals surface area contributed by atoms with Crippen LogP contribution in [0, 0.1) is 11.8 Å². The average Bonchev–Trinajstić information content (AvgIpc) is 2.83. The maximum Gasteiger partial charge on any atom is 0.320 e. The van der Waals surface area contributed by atoms with Gasteiger partial charge in [-0.05, 0) is 13.8 Å². The van der Waals surface area contributed by atoms with Gasteiger partial charge in [0.2, 0.25) is 0 Å². The summed E-state index contributed by atoms with van der Waals surface area (Å²) < 4.78 is 20.4. The molecule has 0 aromatic heterocycles. The molecule has 1 heterocycles. The summed E-state index contributed by atoms with van der Waals surface area (Å²) in [4.78, 5) is 23.6. The molecule has 1 atom stereocenters. The van der Waals surface area contributed by atoms with Gasteiger partial charge in [0.15, 0.2) is 12.2 Å². The van der Waals surface area contributed by atoms with E-state index in [2.05, 4.69) is 0 Å². The number of carbonyl (C=O) groups excluding carboxylic acids is 2. The van der Waals surface area contributed by atoms with Crippen LogP contribution in [0.1, 0.15) is 20.8 Å². The Morgan fingerprint density at radius 2 is 1.56 bits per heavy atom. The Morgan fingerprint density at radius 3 is 1.94 bits per heavy atom. The lowest BCUT2D eigenvalue weighted by atomic mass is 9.93. The molecule has 0 N–H and O–H groups in total. The van der Waals surface area contributed by atoms with E-state index in [4.69, 9.17) is 18.9 Å². The average molecular weight is 260 g/mol. The van der Waals surface area contributed by atoms with E-state index in [1.165, 1.54) is 0 Å². The van der Waals surface area contributed by atoms with E-state index in [1.807, 2.05) is 0 Å². The molecule has 104 valence electrons. The first-order chi connectivity index (χ1) is 8.61. The summed E-state index contributed by atoms with van der Waals surface area (Å²) in [6.07, 6.45) is -0.566. The lowest BCUT2D eigenvalue weighted by Gasteiger charge is -2.24. The minimum Gasteiger partial charge on any atom is -0.465 e. The molecule has 1 aliphatic heterocycles. The van der Waals surface area contributed by atoms with E-state index in [9.17, 15) is 9.59 Å². The van der Waals surface area contributed by atoms with Gasteiger partial charge in [0.25, 0.3) is 0 Å². The Labute approximate surface area is 107 Å². The van der Waals surface area contributed by atoms with Crippen molar-refractivity contribution in [1.29, 1.82) is 0 Å². The van der Waals surface area contributed by atoms with Crippen LogP contribution in [0.15, 0.2) is 0 Å². The fourth-order valence-electron chi connectivity index (χ4n) is 1.83. The topological polar surface area (TPSA) is 71.1 Å². The summed E-state index contributed by atoms with van der Waals surface area (Å²) in [6, 6.07) is 0. The minimum atomic E-state index is -1.01. The van der Waals surface area contributed by atoms with Crippen molar-refractivity contribution >= 4 is 11.9 Å². The number of ether oxygens (including phenoxy) is 4. The van der Waals surface area contributed by atoms with Crippen molar-refractivity contribution in [2.45, 2.75) is 27.1 Å². The van der Waals surface area contributed by atoms with Crippen LogP contribution < -0.4 is 0 Å². The molecule has 18 heavy (non-hydrogen) atoms. The monoisotopic (exact) mass is 260 g/mol. The molecule has 1 aliphatic rings. The van der Waals surface area contributed by atoms with Gasteiger partial charge in [-0.1, -0.05) is 6.92 Å². The highest BCUT2D eigenvalue weighted by atomic mass is 16.7. The summed E-state index contributed by atoms with van der Waals surface area (Å²) in [5.41, 5.74) is 0. The van der Waals surface area contributed by atoms with E-state index in [0.29, 0.717) is 13.2 Å². The van der Waals surface area contributed by atoms with Gasteiger partial charge in [0, 0.05) is 5.92 Å². The summed E-state index contributed by atoms with van der Waals surface area (Å²) in [5, 5.41) is 0. The SMILES string of the molecule is CCOC(=O)C(C(=O)OCC)C(C)C1OCCO1. The lowest BCUT2D eigenvalue weighted by molar-refractivity contribution is -0.173. The van der Waals surface area contributed by atoms with E-state index in [0.717, 1.165) is 0 Å². The Balaban J connectivity index is 2.74. The van der Waals surface area contributed by atoms with Gasteiger partial charge in [0.1, 0.15) is 0 Å². The summed E-state index contributed by atoms with van der Waals surface area (Å²) in [6.45, 7) is 6.46. The highest BCUT2D eigenvalue weighted by Gasteiger charge is 2.41. The van der Waals surface area contributed by atoms with Gasteiger partial charge in [-0.25, -0.2) is 0 Å². The zero-order valence-electron chi connectivity index (χ0n) is 11.0. The Morgan fingerprint density at radius 1 is 1.11 bits per heavy atom. The standard InChI is InChI=1S/C12H20O6/c1-4-15-10(13)9(11(14)16-5-2)8(3)12-17-6-7-18-12/h8-9,12H,4-7H2,1-3H3. The van der Waals surface area contributed by atoms with Gasteiger partial charge in [0.05, 0.1) is 26.4 Å². The molecule has 0 radical (unpaired) electrons. The van der Waals surface area contributed by atoms with Crippen LogP contribution in [0.25, 0.3) is 0 Å². The van der Waals surface area contributed by atoms with Gasteiger partial charge < -0.3 is 18.9 Å². The number of hydrogen-bond donors (Lipinski definition) is 0. The van der Waals surface area contributed by atoms with Crippen molar-refractivity contribution in [2.75, 3.05) is 26.4 Å². The van der Waals surface area contributed by atoms with Crippen LogP contribution in [-0.4, -0.2) is 44.7 Å². The van der Waals surface area contributed by atoms with Crippen molar-refractivity contribution in [1.82, 2.24) is 0 Å². The molecule has 0 bridgehead atoms. The Kier molecular flexibility index (Phi) is 6.07. The molecule has 0 saturated carbocycles. The molecule has 6 nitrogen and oxygen atoms in total. The van der Waals surface area contributed by atoms with Crippen molar-refractivity contribution in [3.8, 4) is 0 Å². The molecular formula is C12H20O6. The smallest absolute Gasteiger partial charge is 0.320 e. The highest BCUT2D eigenvalue weighted by molar-refractivity contribution is 5.95. The van der Waals surface area contributed by atoms with E-state index < -0.39 is 30.1 Å². The molecule has 0 amide bonds. The zero-order valence-corrected chi connectivity index (χ0v) is 11.0. The maximum atomic E-state index is 11.8. The van der Waals surface area contributed by atoms with Gasteiger partial charge in [-0.3, -0.25) is 9.59 Å². The third kappa shape index (κ3) is 3.68. The number of hydrogen-bond acceptors (Lipinski definition) is 6. The van der Waals surface area contributed by atoms with E-state index >= 15 is 0 Å². The zero-order chi connectivity index (χ0) is 13.5. The van der Waals surface area contributed by atoms with Gasteiger partial charge in [-0.2, -0.15) is 0 Å². The second kappa shape index (κ2) is 7.33. The number of esters is 2. The highest BCUT2D eigenvalue weighted by Crippen LogP contribution is 2.24. The second-order valence-electron chi connectivity index (χ2n) is 3.95. The van der Waals surface area contributed by atoms with E-state index in [-0.39, 0.29) is 13.2 Å². The Bertz CT molecular complexity index is 266. The van der Waals surface area contributed by atoms with Crippen LogP contribution in [0.2, 0.25) is 0 Å². The molecular weight excluding hydrogens is 240 g/mol. The fraction of sp³-hybridized carbons (Fsp3) is 0.833. The fourth-order valence-corrected chi connectivity index (χ4v) is 1.83. The summed E-state index contributed by atoms with van der Waals surface area (Å²) in [5.74, 6) is -2.64. The predicted molar refractivity (Wildman–Crippen MR) is 61.6 cm³/mol. The first-order valence-electron chi connectivity index (χ1n) is 6.18. The van der Waals surface area contributed by atoms with Crippen molar-refractivity contribution in [2.24, 2.45) is 11.8 Å². The third-order valence-corrected chi connectivity index (χ3v) is 2.68. The van der Waals surface area contributed by atoms with Crippen LogP contribution in [0.3, 0.4) is 0 Å². The lowest BCUT2D eigenvalue weighted by Crippen LogP contribution is -2.39. The van der Waals surface area contributed by atoms with Gasteiger partial charge >= 0.3 is 11.9 Å². The number of rotatable bonds is 6. The molecule has 0 spiro atoms. The molecule has 0 aromatic carbocycles. The van der Waals surface area contributed by atoms with Crippen LogP contribution in [0.5, 0.6) is 0 Å². The van der Waals surface area contributed by atoms with Crippen LogP contribution in [0.4, 0.5) is 0 Å². The molecule has 0 aromatic rings. The quantitative estimate of drug-likeness (QED) is 0.518. The van der Waals surface area contributed by atoms with Gasteiger partial charge in [-0.15, -0.1) is 0 Å². The predicted octanol–water partition coefficient (Wildman–Crippen LogP) is 0.738. The third-order valence-electron chi connectivity index (χ3n) is 2.68. The maximum absolute atomic E-state index is 11.8. The van der Waals surface area contributed by atoms with Crippen molar-refractivity contribution < 1.29 is 28.5 Å². The first-order valence-corrected chi connectivity index (χ1v) is 6.18. The van der Waals surface area contributed by atoms with Crippen LogP contribution in [-0.2, 0) is 28.5 Å². The molecule has 6 heteroatoms. The normalized spacial score (nSPS) is 17.8. The molecule has 1 unspecified atom stereocenters. The molecule has 1 rings (SSSR count). The second-order valence-corrected chi connectivity index (χ2v) is 3.95. The Hall–Kier alpha value is -1.14. The molecule has 0 aliphatic carbocycles. The minimum absolute atomic E-state index is 0.216. The van der Waals surface area contributed by atoms with Crippen molar-refractivity contribution in [3.05, 3.63) is 0 Å². The largest absolute Gasteiger partial charge is 0.465 e. The summed E-state index contributed by atoms with van der Waals surface area (Å²) in [7, 11) is 0. The van der Waals surface area contributed by atoms with E-state index in [1.54, 1.807) is 20.8 Å².